The second kappa shape index (κ2) is 10.4. The zero-order valence-electron chi connectivity index (χ0n) is 19.6. The number of thiazole rings is 1. The molecular formula is C27H26N2O4S. The van der Waals surface area contributed by atoms with Crippen molar-refractivity contribution in [1.29, 1.82) is 0 Å². The summed E-state index contributed by atoms with van der Waals surface area (Å²) < 4.78 is 17.3. The van der Waals surface area contributed by atoms with Crippen LogP contribution in [0.3, 0.4) is 0 Å². The van der Waals surface area contributed by atoms with Crippen molar-refractivity contribution < 1.29 is 19.0 Å². The van der Waals surface area contributed by atoms with Crippen LogP contribution in [0, 0.1) is 6.92 Å². The number of benzene rings is 3. The molecule has 0 saturated heterocycles. The summed E-state index contributed by atoms with van der Waals surface area (Å²) in [6.45, 7) is 2.44. The Labute approximate surface area is 203 Å². The lowest BCUT2D eigenvalue weighted by molar-refractivity contribution is -0.114. The maximum Gasteiger partial charge on any atom is 0.253 e. The average Bonchev–Trinajstić information content (AvgIpc) is 3.31. The molecule has 3 aromatic carbocycles. The first kappa shape index (κ1) is 23.3. The summed E-state index contributed by atoms with van der Waals surface area (Å²) in [5.74, 6) is 1.38. The molecular weight excluding hydrogens is 448 g/mol. The molecule has 0 fully saturated rings. The van der Waals surface area contributed by atoms with Gasteiger partial charge in [0, 0.05) is 6.08 Å². The van der Waals surface area contributed by atoms with Gasteiger partial charge in [0.25, 0.3) is 5.91 Å². The molecule has 0 atom stereocenters. The maximum absolute atomic E-state index is 13.4. The van der Waals surface area contributed by atoms with E-state index in [0.717, 1.165) is 26.9 Å². The summed E-state index contributed by atoms with van der Waals surface area (Å²) in [7, 11) is 4.68. The van der Waals surface area contributed by atoms with E-state index in [1.165, 1.54) is 11.3 Å². The van der Waals surface area contributed by atoms with Crippen molar-refractivity contribution >= 4 is 38.7 Å². The Morgan fingerprint density at radius 3 is 2.29 bits per heavy atom. The van der Waals surface area contributed by atoms with Gasteiger partial charge in [-0.3, -0.25) is 9.69 Å². The summed E-state index contributed by atoms with van der Waals surface area (Å²) >= 11 is 1.51. The fourth-order valence-electron chi connectivity index (χ4n) is 3.65. The van der Waals surface area contributed by atoms with Crippen LogP contribution in [-0.2, 0) is 11.3 Å². The molecule has 6 nitrogen and oxygen atoms in total. The number of carbonyl (C=O) groups excluding carboxylic acids is 1. The number of rotatable bonds is 8. The van der Waals surface area contributed by atoms with Crippen molar-refractivity contribution in [3.63, 3.8) is 0 Å². The van der Waals surface area contributed by atoms with Gasteiger partial charge in [0.05, 0.1) is 38.1 Å². The molecule has 7 heteroatoms. The van der Waals surface area contributed by atoms with E-state index in [1.807, 2.05) is 55.5 Å². The zero-order chi connectivity index (χ0) is 24.1. The Balaban J connectivity index is 1.69. The van der Waals surface area contributed by atoms with Gasteiger partial charge in [-0.2, -0.15) is 0 Å². The lowest BCUT2D eigenvalue weighted by atomic mass is 10.1. The SMILES string of the molecule is COc1cc(/C=C/C(=O)N(Cc2ccccc2)c2nc3c(C)cccc3s2)cc(OC)c1OC. The number of hydrogen-bond acceptors (Lipinski definition) is 6. The van der Waals surface area contributed by atoms with E-state index in [4.69, 9.17) is 19.2 Å². The first-order valence-corrected chi connectivity index (χ1v) is 11.6. The van der Waals surface area contributed by atoms with Gasteiger partial charge in [0.15, 0.2) is 16.6 Å². The van der Waals surface area contributed by atoms with E-state index in [9.17, 15) is 4.79 Å². The summed E-state index contributed by atoms with van der Waals surface area (Å²) in [4.78, 5) is 19.9. The van der Waals surface area contributed by atoms with Crippen LogP contribution >= 0.6 is 11.3 Å². The van der Waals surface area contributed by atoms with Crippen molar-refractivity contribution in [2.45, 2.75) is 13.5 Å². The monoisotopic (exact) mass is 474 g/mol. The molecule has 4 rings (SSSR count). The van der Waals surface area contributed by atoms with Crippen molar-refractivity contribution in [3.05, 3.63) is 83.4 Å². The minimum Gasteiger partial charge on any atom is -0.493 e. The topological polar surface area (TPSA) is 60.9 Å². The normalized spacial score (nSPS) is 11.1. The van der Waals surface area contributed by atoms with Crippen molar-refractivity contribution in [2.75, 3.05) is 26.2 Å². The highest BCUT2D eigenvalue weighted by Gasteiger charge is 2.19. The molecule has 1 amide bonds. The van der Waals surface area contributed by atoms with Gasteiger partial charge in [-0.05, 0) is 47.9 Å². The first-order chi connectivity index (χ1) is 16.5. The van der Waals surface area contributed by atoms with Gasteiger partial charge < -0.3 is 14.2 Å². The fourth-order valence-corrected chi connectivity index (χ4v) is 4.70. The number of carbonyl (C=O) groups is 1. The predicted molar refractivity (Wildman–Crippen MR) is 137 cm³/mol. The number of amides is 1. The number of aromatic nitrogens is 1. The number of anilines is 1. The second-order valence-electron chi connectivity index (χ2n) is 7.62. The molecule has 1 aromatic heterocycles. The smallest absolute Gasteiger partial charge is 0.253 e. The predicted octanol–water partition coefficient (Wildman–Crippen LogP) is 5.88. The lowest BCUT2D eigenvalue weighted by Crippen LogP contribution is -2.28. The third kappa shape index (κ3) is 4.89. The summed E-state index contributed by atoms with van der Waals surface area (Å²) in [5, 5.41) is 0.660. The average molecular weight is 475 g/mol. The van der Waals surface area contributed by atoms with Crippen molar-refractivity contribution in [1.82, 2.24) is 4.98 Å². The van der Waals surface area contributed by atoms with Crippen LogP contribution in [-0.4, -0.2) is 32.2 Å². The number of ether oxygens (including phenoxy) is 3. The van der Waals surface area contributed by atoms with Gasteiger partial charge >= 0.3 is 0 Å². The van der Waals surface area contributed by atoms with E-state index in [0.29, 0.717) is 28.9 Å². The van der Waals surface area contributed by atoms with Crippen LogP contribution in [0.5, 0.6) is 17.2 Å². The summed E-state index contributed by atoms with van der Waals surface area (Å²) in [5.41, 5.74) is 3.78. The van der Waals surface area contributed by atoms with Crippen LogP contribution in [0.4, 0.5) is 5.13 Å². The quantitative estimate of drug-likeness (QED) is 0.299. The van der Waals surface area contributed by atoms with Crippen LogP contribution < -0.4 is 19.1 Å². The van der Waals surface area contributed by atoms with E-state index < -0.39 is 0 Å². The highest BCUT2D eigenvalue weighted by Crippen LogP contribution is 2.38. The van der Waals surface area contributed by atoms with E-state index in [-0.39, 0.29) is 5.91 Å². The summed E-state index contributed by atoms with van der Waals surface area (Å²) in [6, 6.07) is 19.6. The first-order valence-electron chi connectivity index (χ1n) is 10.7. The standard InChI is InChI=1S/C27H26N2O4S/c1-18-9-8-12-23-25(18)28-27(34-23)29(17-19-10-6-5-7-11-19)24(30)14-13-20-15-21(31-2)26(33-4)22(16-20)32-3/h5-16H,17H2,1-4H3/b14-13+. The minimum absolute atomic E-state index is 0.172. The molecule has 0 bridgehead atoms. The van der Waals surface area contributed by atoms with E-state index >= 15 is 0 Å². The maximum atomic E-state index is 13.4. The third-order valence-electron chi connectivity index (χ3n) is 5.40. The highest BCUT2D eigenvalue weighted by molar-refractivity contribution is 7.22. The molecule has 0 aliphatic heterocycles. The molecule has 0 N–H and O–H groups in total. The molecule has 4 aromatic rings. The Morgan fingerprint density at radius 1 is 0.971 bits per heavy atom. The van der Waals surface area contributed by atoms with Gasteiger partial charge in [0.2, 0.25) is 5.75 Å². The van der Waals surface area contributed by atoms with Gasteiger partial charge in [-0.1, -0.05) is 53.8 Å². The van der Waals surface area contributed by atoms with E-state index in [1.54, 1.807) is 50.5 Å². The van der Waals surface area contributed by atoms with Crippen molar-refractivity contribution in [3.8, 4) is 17.2 Å². The second-order valence-corrected chi connectivity index (χ2v) is 8.63. The van der Waals surface area contributed by atoms with Crippen LogP contribution in [0.2, 0.25) is 0 Å². The Morgan fingerprint density at radius 2 is 1.68 bits per heavy atom. The molecule has 0 aliphatic carbocycles. The van der Waals surface area contributed by atoms with E-state index in [2.05, 4.69) is 0 Å². The lowest BCUT2D eigenvalue weighted by Gasteiger charge is -2.18. The number of fused-ring (bicyclic) bond motifs is 1. The molecule has 0 aliphatic rings. The number of para-hydroxylation sites is 1. The third-order valence-corrected chi connectivity index (χ3v) is 6.44. The van der Waals surface area contributed by atoms with Crippen LogP contribution in [0.15, 0.2) is 66.7 Å². The van der Waals surface area contributed by atoms with Gasteiger partial charge in [-0.25, -0.2) is 4.98 Å². The Bertz CT molecular complexity index is 1310. The molecule has 0 saturated carbocycles. The number of nitrogens with zero attached hydrogens (tertiary/aromatic N) is 2. The number of methoxy groups -OCH3 is 3. The molecule has 1 heterocycles. The fraction of sp³-hybridized carbons (Fsp3) is 0.185. The van der Waals surface area contributed by atoms with Gasteiger partial charge in [0.1, 0.15) is 0 Å². The highest BCUT2D eigenvalue weighted by atomic mass is 32.1. The Kier molecular flexibility index (Phi) is 7.13. The van der Waals surface area contributed by atoms with Crippen molar-refractivity contribution in [2.24, 2.45) is 0 Å². The van der Waals surface area contributed by atoms with Crippen LogP contribution in [0.25, 0.3) is 16.3 Å². The Hall–Kier alpha value is -3.84. The number of hydrogen-bond donors (Lipinski definition) is 0. The summed E-state index contributed by atoms with van der Waals surface area (Å²) in [6.07, 6.45) is 3.28. The molecule has 0 radical (unpaired) electrons. The largest absolute Gasteiger partial charge is 0.493 e. The molecule has 34 heavy (non-hydrogen) atoms. The zero-order valence-corrected chi connectivity index (χ0v) is 20.4. The van der Waals surface area contributed by atoms with Gasteiger partial charge in [-0.15, -0.1) is 0 Å². The molecule has 0 spiro atoms. The van der Waals surface area contributed by atoms with Crippen LogP contribution in [0.1, 0.15) is 16.7 Å². The number of aryl methyl sites for hydroxylation is 1. The molecule has 174 valence electrons. The molecule has 0 unspecified atom stereocenters. The minimum atomic E-state index is -0.172.